The van der Waals surface area contributed by atoms with Crippen molar-refractivity contribution >= 4 is 54.8 Å². The number of anilines is 1. The summed E-state index contributed by atoms with van der Waals surface area (Å²) >= 11 is 3.24. The first-order chi connectivity index (χ1) is 18.6. The molecule has 2 aromatic carbocycles. The van der Waals surface area contributed by atoms with Crippen molar-refractivity contribution in [3.63, 3.8) is 0 Å². The quantitative estimate of drug-likeness (QED) is 0.233. The third-order valence-corrected chi connectivity index (χ3v) is 9.19. The summed E-state index contributed by atoms with van der Waals surface area (Å²) in [5.41, 5.74) is 5.61. The molecular weight excluding hydrogens is 512 g/mol. The SMILES string of the molecule is Cc1ccc(C)c2sc(N(CCCN3CCOCC3)C(=O)c3cc(-c4cccs4)nc4ccccc34)nc12. The van der Waals surface area contributed by atoms with Gasteiger partial charge in [-0.2, -0.15) is 0 Å². The number of thiophene rings is 1. The van der Waals surface area contributed by atoms with Crippen LogP contribution >= 0.6 is 22.7 Å². The van der Waals surface area contributed by atoms with Crippen LogP contribution < -0.4 is 4.90 Å². The molecule has 0 radical (unpaired) electrons. The topological polar surface area (TPSA) is 58.6 Å². The molecule has 0 N–H and O–H groups in total. The smallest absolute Gasteiger partial charge is 0.260 e. The van der Waals surface area contributed by atoms with Gasteiger partial charge in [-0.05, 0) is 55.0 Å². The molecule has 38 heavy (non-hydrogen) atoms. The summed E-state index contributed by atoms with van der Waals surface area (Å²) in [6, 6.07) is 18.2. The Morgan fingerprint density at radius 1 is 1.03 bits per heavy atom. The average Bonchev–Trinajstić information content (AvgIpc) is 3.65. The van der Waals surface area contributed by atoms with Crippen molar-refractivity contribution in [2.24, 2.45) is 0 Å². The molecular formula is C30H30N4O2S2. The lowest BCUT2D eigenvalue weighted by atomic mass is 10.1. The lowest BCUT2D eigenvalue weighted by Gasteiger charge is -2.28. The Balaban J connectivity index is 1.41. The van der Waals surface area contributed by atoms with Crippen LogP contribution in [0.4, 0.5) is 5.13 Å². The Hall–Kier alpha value is -3.17. The molecule has 194 valence electrons. The van der Waals surface area contributed by atoms with E-state index in [0.29, 0.717) is 12.1 Å². The molecule has 0 saturated carbocycles. The van der Waals surface area contributed by atoms with Gasteiger partial charge in [0, 0.05) is 31.6 Å². The molecule has 0 aliphatic carbocycles. The second-order valence-corrected chi connectivity index (χ2v) is 11.6. The Labute approximate surface area is 230 Å². The Morgan fingerprint density at radius 3 is 2.63 bits per heavy atom. The first kappa shape index (κ1) is 25.1. The standard InChI is InChI=1S/C30H30N4O2S2/c1-20-10-11-21(2)28-27(20)32-30(38-28)34(13-6-12-33-14-16-36-17-15-33)29(35)23-19-25(26-9-5-18-37-26)31-24-8-4-3-7-22(23)24/h3-5,7-11,18-19H,6,12-17H2,1-2H3. The first-order valence-corrected chi connectivity index (χ1v) is 14.7. The monoisotopic (exact) mass is 542 g/mol. The molecule has 4 heterocycles. The maximum absolute atomic E-state index is 14.4. The summed E-state index contributed by atoms with van der Waals surface area (Å²) in [6.45, 7) is 9.13. The number of morpholine rings is 1. The van der Waals surface area contributed by atoms with Crippen molar-refractivity contribution in [2.75, 3.05) is 44.3 Å². The van der Waals surface area contributed by atoms with Crippen LogP contribution in [-0.4, -0.2) is 60.2 Å². The van der Waals surface area contributed by atoms with Gasteiger partial charge in [-0.1, -0.05) is 47.7 Å². The van der Waals surface area contributed by atoms with E-state index in [1.165, 1.54) is 5.56 Å². The Bertz CT molecular complexity index is 1550. The third-order valence-electron chi connectivity index (χ3n) is 7.09. The number of carbonyl (C=O) groups excluding carboxylic acids is 1. The fraction of sp³-hybridized carbons (Fsp3) is 0.300. The first-order valence-electron chi connectivity index (χ1n) is 13.0. The zero-order valence-electron chi connectivity index (χ0n) is 21.6. The number of aromatic nitrogens is 2. The molecule has 6 rings (SSSR count). The maximum Gasteiger partial charge on any atom is 0.260 e. The zero-order chi connectivity index (χ0) is 26.1. The van der Waals surface area contributed by atoms with E-state index in [1.807, 2.05) is 46.7 Å². The van der Waals surface area contributed by atoms with Gasteiger partial charge in [0.2, 0.25) is 0 Å². The van der Waals surface area contributed by atoms with E-state index >= 15 is 0 Å². The second-order valence-electron chi connectivity index (χ2n) is 9.69. The number of para-hydroxylation sites is 1. The highest BCUT2D eigenvalue weighted by Crippen LogP contribution is 2.35. The number of amides is 1. The summed E-state index contributed by atoms with van der Waals surface area (Å²) in [5.74, 6) is -0.0299. The molecule has 1 fully saturated rings. The Kier molecular flexibility index (Phi) is 7.21. The minimum Gasteiger partial charge on any atom is -0.379 e. The van der Waals surface area contributed by atoms with Crippen LogP contribution in [0.2, 0.25) is 0 Å². The summed E-state index contributed by atoms with van der Waals surface area (Å²) in [6.07, 6.45) is 0.862. The minimum atomic E-state index is -0.0299. The number of rotatable bonds is 7. The highest BCUT2D eigenvalue weighted by Gasteiger charge is 2.25. The van der Waals surface area contributed by atoms with Gasteiger partial charge < -0.3 is 4.74 Å². The molecule has 0 bridgehead atoms. The Morgan fingerprint density at radius 2 is 1.84 bits per heavy atom. The lowest BCUT2D eigenvalue weighted by Crippen LogP contribution is -2.39. The molecule has 3 aromatic heterocycles. The normalized spacial score (nSPS) is 14.4. The van der Waals surface area contributed by atoms with Gasteiger partial charge in [-0.25, -0.2) is 9.97 Å². The van der Waals surface area contributed by atoms with E-state index < -0.39 is 0 Å². The van der Waals surface area contributed by atoms with E-state index in [0.717, 1.165) is 81.7 Å². The third kappa shape index (κ3) is 4.97. The fourth-order valence-corrected chi connectivity index (χ4v) is 6.80. The number of carbonyl (C=O) groups is 1. The van der Waals surface area contributed by atoms with Crippen molar-refractivity contribution in [3.8, 4) is 10.6 Å². The minimum absolute atomic E-state index is 0.0299. The molecule has 0 atom stereocenters. The van der Waals surface area contributed by atoms with Crippen LogP contribution in [0.15, 0.2) is 60.0 Å². The van der Waals surface area contributed by atoms with Crippen molar-refractivity contribution in [1.82, 2.24) is 14.9 Å². The summed E-state index contributed by atoms with van der Waals surface area (Å²) in [4.78, 5) is 29.7. The van der Waals surface area contributed by atoms with Crippen LogP contribution in [-0.2, 0) is 4.74 Å². The van der Waals surface area contributed by atoms with Gasteiger partial charge in [-0.15, -0.1) is 11.3 Å². The molecule has 5 aromatic rings. The summed E-state index contributed by atoms with van der Waals surface area (Å²) in [7, 11) is 0. The number of fused-ring (bicyclic) bond motifs is 2. The van der Waals surface area contributed by atoms with Gasteiger partial charge >= 0.3 is 0 Å². The molecule has 1 aliphatic rings. The van der Waals surface area contributed by atoms with Crippen LogP contribution in [0.1, 0.15) is 27.9 Å². The number of pyridine rings is 1. The van der Waals surface area contributed by atoms with E-state index in [-0.39, 0.29) is 5.91 Å². The molecule has 8 heteroatoms. The molecule has 1 aliphatic heterocycles. The predicted molar refractivity (Wildman–Crippen MR) is 158 cm³/mol. The van der Waals surface area contributed by atoms with Crippen LogP contribution in [0, 0.1) is 13.8 Å². The van der Waals surface area contributed by atoms with Gasteiger partial charge in [0.05, 0.1) is 45.1 Å². The number of hydrogen-bond acceptors (Lipinski definition) is 7. The fourth-order valence-electron chi connectivity index (χ4n) is 4.97. The van der Waals surface area contributed by atoms with E-state index in [4.69, 9.17) is 14.7 Å². The molecule has 1 amide bonds. The largest absolute Gasteiger partial charge is 0.379 e. The number of thiazole rings is 1. The highest BCUT2D eigenvalue weighted by atomic mass is 32.1. The van der Waals surface area contributed by atoms with E-state index in [2.05, 4.69) is 36.9 Å². The van der Waals surface area contributed by atoms with Crippen molar-refractivity contribution in [2.45, 2.75) is 20.3 Å². The number of ether oxygens (including phenoxy) is 1. The van der Waals surface area contributed by atoms with E-state index in [9.17, 15) is 4.79 Å². The zero-order valence-corrected chi connectivity index (χ0v) is 23.3. The van der Waals surface area contributed by atoms with Crippen LogP contribution in [0.3, 0.4) is 0 Å². The van der Waals surface area contributed by atoms with Gasteiger partial charge in [0.25, 0.3) is 5.91 Å². The summed E-state index contributed by atoms with van der Waals surface area (Å²) < 4.78 is 6.66. The van der Waals surface area contributed by atoms with Crippen molar-refractivity contribution in [1.29, 1.82) is 0 Å². The highest BCUT2D eigenvalue weighted by molar-refractivity contribution is 7.22. The van der Waals surface area contributed by atoms with Gasteiger partial charge in [0.15, 0.2) is 5.13 Å². The number of hydrogen-bond donors (Lipinski definition) is 0. The number of aryl methyl sites for hydroxylation is 2. The molecule has 0 spiro atoms. The summed E-state index contributed by atoms with van der Waals surface area (Å²) in [5, 5.41) is 3.66. The number of nitrogens with zero attached hydrogens (tertiary/aromatic N) is 4. The second kappa shape index (κ2) is 10.9. The molecule has 6 nitrogen and oxygen atoms in total. The molecule has 0 unspecified atom stereocenters. The maximum atomic E-state index is 14.4. The van der Waals surface area contributed by atoms with Crippen molar-refractivity contribution in [3.05, 3.63) is 76.7 Å². The number of benzene rings is 2. The van der Waals surface area contributed by atoms with Crippen LogP contribution in [0.5, 0.6) is 0 Å². The van der Waals surface area contributed by atoms with Crippen molar-refractivity contribution < 1.29 is 9.53 Å². The van der Waals surface area contributed by atoms with E-state index in [1.54, 1.807) is 22.7 Å². The predicted octanol–water partition coefficient (Wildman–Crippen LogP) is 6.56. The molecule has 1 saturated heterocycles. The van der Waals surface area contributed by atoms with Gasteiger partial charge in [-0.3, -0.25) is 14.6 Å². The lowest BCUT2D eigenvalue weighted by molar-refractivity contribution is 0.0376. The van der Waals surface area contributed by atoms with Gasteiger partial charge in [0.1, 0.15) is 0 Å². The van der Waals surface area contributed by atoms with Crippen LogP contribution in [0.25, 0.3) is 31.7 Å². The average molecular weight is 543 g/mol.